The van der Waals surface area contributed by atoms with E-state index >= 15 is 0 Å². The van der Waals surface area contributed by atoms with E-state index in [9.17, 15) is 14.7 Å². The molecule has 1 saturated heterocycles. The summed E-state index contributed by atoms with van der Waals surface area (Å²) in [6, 6.07) is 17.1. The van der Waals surface area contributed by atoms with Gasteiger partial charge in [0.05, 0.1) is 11.5 Å². The van der Waals surface area contributed by atoms with Crippen LogP contribution < -0.4 is 10.6 Å². The smallest absolute Gasteiger partial charge is 0.248 e. The quantitative estimate of drug-likeness (QED) is 0.843. The maximum absolute atomic E-state index is 13.4. The zero-order valence-corrected chi connectivity index (χ0v) is 15.8. The van der Waals surface area contributed by atoms with Crippen molar-refractivity contribution in [3.05, 3.63) is 65.7 Å². The molecule has 1 heterocycles. The van der Waals surface area contributed by atoms with Gasteiger partial charge in [-0.1, -0.05) is 30.3 Å². The Hall–Kier alpha value is -2.86. The van der Waals surface area contributed by atoms with Gasteiger partial charge in [-0.25, -0.2) is 0 Å². The molecule has 2 aromatic carbocycles. The number of primary amides is 1. The van der Waals surface area contributed by atoms with E-state index in [4.69, 9.17) is 5.73 Å². The van der Waals surface area contributed by atoms with Crippen LogP contribution in [0, 0.1) is 0 Å². The first kappa shape index (κ1) is 18.5. The number of rotatable bonds is 4. The Labute approximate surface area is 164 Å². The predicted molar refractivity (Wildman–Crippen MR) is 107 cm³/mol. The van der Waals surface area contributed by atoms with Crippen LogP contribution in [0.4, 0.5) is 5.69 Å². The van der Waals surface area contributed by atoms with Crippen molar-refractivity contribution in [3.8, 4) is 0 Å². The molecule has 2 amide bonds. The maximum atomic E-state index is 13.4. The summed E-state index contributed by atoms with van der Waals surface area (Å²) in [5.41, 5.74) is 7.21. The van der Waals surface area contributed by atoms with Gasteiger partial charge in [0.15, 0.2) is 0 Å². The largest absolute Gasteiger partial charge is 0.393 e. The lowest BCUT2D eigenvalue weighted by Gasteiger charge is -2.48. The second kappa shape index (κ2) is 7.28. The summed E-state index contributed by atoms with van der Waals surface area (Å²) in [6.45, 7) is 2.74. The molecule has 6 nitrogen and oxygen atoms in total. The van der Waals surface area contributed by atoms with Crippen molar-refractivity contribution in [3.63, 3.8) is 0 Å². The summed E-state index contributed by atoms with van der Waals surface area (Å²) in [4.78, 5) is 28.7. The molecule has 0 spiro atoms. The Bertz CT molecular complexity index is 852. The van der Waals surface area contributed by atoms with E-state index in [1.54, 1.807) is 12.1 Å². The van der Waals surface area contributed by atoms with Crippen molar-refractivity contribution in [1.29, 1.82) is 0 Å². The number of hydrogen-bond donors (Lipinski definition) is 2. The number of nitrogens with two attached hydrogens (primary N) is 1. The predicted octanol–water partition coefficient (Wildman–Crippen LogP) is 1.53. The number of aliphatic hydroxyl groups excluding tert-OH is 1. The van der Waals surface area contributed by atoms with Crippen LogP contribution in [-0.2, 0) is 10.2 Å². The van der Waals surface area contributed by atoms with Crippen molar-refractivity contribution < 1.29 is 14.7 Å². The van der Waals surface area contributed by atoms with Crippen molar-refractivity contribution in [2.75, 3.05) is 31.1 Å². The van der Waals surface area contributed by atoms with Crippen molar-refractivity contribution in [2.24, 2.45) is 5.73 Å². The third-order valence-corrected chi connectivity index (χ3v) is 5.99. The molecule has 0 unspecified atom stereocenters. The number of amides is 2. The fourth-order valence-corrected chi connectivity index (χ4v) is 4.34. The Kier molecular flexibility index (Phi) is 4.81. The standard InChI is InChI=1S/C22H25N3O3/c23-20(27)16-6-8-18(9-7-16)24-10-12-25(13-11-24)21(28)22(14-19(26)15-22)17-4-2-1-3-5-17/h1-9,19,26H,10-15H2,(H2,23,27). The molecule has 0 aromatic heterocycles. The van der Waals surface area contributed by atoms with Crippen LogP contribution in [0.5, 0.6) is 0 Å². The molecular formula is C22H25N3O3. The molecule has 1 aliphatic heterocycles. The average molecular weight is 379 g/mol. The summed E-state index contributed by atoms with van der Waals surface area (Å²) < 4.78 is 0. The fraction of sp³-hybridized carbons (Fsp3) is 0.364. The minimum atomic E-state index is -0.591. The molecule has 0 atom stereocenters. The van der Waals surface area contributed by atoms with E-state index in [0.29, 0.717) is 31.5 Å². The van der Waals surface area contributed by atoms with Crippen molar-refractivity contribution >= 4 is 17.5 Å². The summed E-state index contributed by atoms with van der Waals surface area (Å²) >= 11 is 0. The maximum Gasteiger partial charge on any atom is 0.248 e. The molecular weight excluding hydrogens is 354 g/mol. The molecule has 3 N–H and O–H groups in total. The number of hydrogen-bond acceptors (Lipinski definition) is 4. The Balaban J connectivity index is 1.44. The van der Waals surface area contributed by atoms with Crippen molar-refractivity contribution in [1.82, 2.24) is 4.90 Å². The average Bonchev–Trinajstić information content (AvgIpc) is 2.71. The number of piperazine rings is 1. The minimum Gasteiger partial charge on any atom is -0.393 e. The van der Waals surface area contributed by atoms with E-state index in [0.717, 1.165) is 24.3 Å². The van der Waals surface area contributed by atoms with Gasteiger partial charge < -0.3 is 20.6 Å². The molecule has 2 aromatic rings. The molecule has 28 heavy (non-hydrogen) atoms. The van der Waals surface area contributed by atoms with Crippen molar-refractivity contribution in [2.45, 2.75) is 24.4 Å². The summed E-state index contributed by atoms with van der Waals surface area (Å²) in [7, 11) is 0. The molecule has 0 bridgehead atoms. The van der Waals surface area contributed by atoms with Gasteiger partial charge >= 0.3 is 0 Å². The molecule has 1 saturated carbocycles. The first-order valence-corrected chi connectivity index (χ1v) is 9.67. The topological polar surface area (TPSA) is 86.9 Å². The van der Waals surface area contributed by atoms with E-state index in [1.165, 1.54) is 0 Å². The Morgan fingerprint density at radius 3 is 2.07 bits per heavy atom. The van der Waals surface area contributed by atoms with Gasteiger partial charge in [-0.15, -0.1) is 0 Å². The number of aliphatic hydroxyl groups is 1. The number of anilines is 1. The van der Waals surface area contributed by atoms with E-state index < -0.39 is 17.4 Å². The second-order valence-corrected chi connectivity index (χ2v) is 7.70. The first-order valence-electron chi connectivity index (χ1n) is 9.67. The molecule has 146 valence electrons. The molecule has 2 aliphatic rings. The van der Waals surface area contributed by atoms with Gasteiger partial charge in [0.25, 0.3) is 0 Å². The highest BCUT2D eigenvalue weighted by Gasteiger charge is 2.52. The monoisotopic (exact) mass is 379 g/mol. The van der Waals surface area contributed by atoms with Crippen LogP contribution in [0.1, 0.15) is 28.8 Å². The van der Waals surface area contributed by atoms with Gasteiger partial charge in [-0.3, -0.25) is 9.59 Å². The molecule has 6 heteroatoms. The van der Waals surface area contributed by atoms with Crippen LogP contribution in [0.3, 0.4) is 0 Å². The van der Waals surface area contributed by atoms with E-state index in [2.05, 4.69) is 4.90 Å². The van der Waals surface area contributed by atoms with Crippen LogP contribution in [-0.4, -0.2) is 54.1 Å². The van der Waals surface area contributed by atoms with Crippen LogP contribution in [0.2, 0.25) is 0 Å². The van der Waals surface area contributed by atoms with Gasteiger partial charge in [0.2, 0.25) is 11.8 Å². The Morgan fingerprint density at radius 1 is 0.929 bits per heavy atom. The minimum absolute atomic E-state index is 0.118. The zero-order valence-electron chi connectivity index (χ0n) is 15.8. The lowest BCUT2D eigenvalue weighted by Crippen LogP contribution is -2.60. The fourth-order valence-electron chi connectivity index (χ4n) is 4.34. The Morgan fingerprint density at radius 2 is 1.54 bits per heavy atom. The second-order valence-electron chi connectivity index (χ2n) is 7.70. The normalized spacial score (nSPS) is 24.5. The van der Waals surface area contributed by atoms with E-state index in [1.807, 2.05) is 47.4 Å². The van der Waals surface area contributed by atoms with E-state index in [-0.39, 0.29) is 5.91 Å². The number of benzene rings is 2. The third kappa shape index (κ3) is 3.24. The number of carbonyl (C=O) groups excluding carboxylic acids is 2. The lowest BCUT2D eigenvalue weighted by atomic mass is 9.61. The summed E-state index contributed by atoms with van der Waals surface area (Å²) in [5, 5.41) is 9.93. The summed E-state index contributed by atoms with van der Waals surface area (Å²) in [6.07, 6.45) is 0.573. The number of nitrogens with zero attached hydrogens (tertiary/aromatic N) is 2. The van der Waals surface area contributed by atoms with Crippen LogP contribution in [0.15, 0.2) is 54.6 Å². The number of carbonyl (C=O) groups is 2. The molecule has 2 fully saturated rings. The van der Waals surface area contributed by atoms with Gasteiger partial charge in [0, 0.05) is 37.4 Å². The zero-order chi connectivity index (χ0) is 19.7. The summed E-state index contributed by atoms with van der Waals surface area (Å²) in [5.74, 6) is -0.316. The first-order chi connectivity index (χ1) is 13.5. The highest BCUT2D eigenvalue weighted by atomic mass is 16.3. The lowest BCUT2D eigenvalue weighted by molar-refractivity contribution is -0.146. The van der Waals surface area contributed by atoms with Crippen LogP contribution >= 0.6 is 0 Å². The molecule has 0 radical (unpaired) electrons. The highest BCUT2D eigenvalue weighted by Crippen LogP contribution is 2.45. The third-order valence-electron chi connectivity index (χ3n) is 5.99. The van der Waals surface area contributed by atoms with Gasteiger partial charge in [-0.05, 0) is 42.7 Å². The molecule has 4 rings (SSSR count). The van der Waals surface area contributed by atoms with Crippen LogP contribution in [0.25, 0.3) is 0 Å². The highest BCUT2D eigenvalue weighted by molar-refractivity contribution is 5.93. The SMILES string of the molecule is NC(=O)c1ccc(N2CCN(C(=O)C3(c4ccccc4)CC(O)C3)CC2)cc1. The molecule has 1 aliphatic carbocycles. The van der Waals surface area contributed by atoms with Gasteiger partial charge in [0.1, 0.15) is 0 Å². The van der Waals surface area contributed by atoms with Gasteiger partial charge in [-0.2, -0.15) is 0 Å².